The third-order valence-corrected chi connectivity index (χ3v) is 3.33. The van der Waals surface area contributed by atoms with Gasteiger partial charge in [-0.2, -0.15) is 0 Å². The number of carbonyl (C=O) groups excluding carboxylic acids is 1. The Hall–Kier alpha value is -0.570. The summed E-state index contributed by atoms with van der Waals surface area (Å²) in [5.41, 5.74) is 5.95. The van der Waals surface area contributed by atoms with Gasteiger partial charge in [0.2, 0.25) is 5.91 Å². The summed E-state index contributed by atoms with van der Waals surface area (Å²) in [4.78, 5) is 13.9. The van der Waals surface area contributed by atoms with E-state index in [0.717, 1.165) is 19.3 Å². The maximum atomic E-state index is 11.8. The molecule has 2 fully saturated rings. The molecule has 2 N–H and O–H groups in total. The number of hydrogen-bond donors (Lipinski definition) is 1. The molecule has 1 amide bonds. The molecule has 0 spiro atoms. The molecule has 2 aliphatic heterocycles. The van der Waals surface area contributed by atoms with Crippen LogP contribution in [0, 0.1) is 5.92 Å². The molecule has 2 rings (SSSR count). The molecule has 2 heterocycles. The lowest BCUT2D eigenvalue weighted by Crippen LogP contribution is -2.42. The quantitative estimate of drug-likeness (QED) is 0.650. The van der Waals surface area contributed by atoms with Crippen LogP contribution >= 0.6 is 0 Å². The summed E-state index contributed by atoms with van der Waals surface area (Å²) < 4.78 is 0. The Kier molecular flexibility index (Phi) is 2.06. The van der Waals surface area contributed by atoms with Gasteiger partial charge in [-0.3, -0.25) is 4.79 Å². The van der Waals surface area contributed by atoms with Crippen molar-refractivity contribution < 1.29 is 4.79 Å². The van der Waals surface area contributed by atoms with Crippen molar-refractivity contribution in [3.63, 3.8) is 0 Å². The van der Waals surface area contributed by atoms with Gasteiger partial charge in [-0.25, -0.2) is 0 Å². The van der Waals surface area contributed by atoms with E-state index >= 15 is 0 Å². The van der Waals surface area contributed by atoms with E-state index in [0.29, 0.717) is 18.0 Å². The standard InChI is InChI=1S/C10H18N2O/c1-6(2)10(13)12-7-3-4-9(12)8(11)5-7/h6-9H,3-5,11H2,1-2H3. The molecule has 2 bridgehead atoms. The number of fused-ring (bicyclic) bond motifs is 2. The van der Waals surface area contributed by atoms with E-state index in [1.54, 1.807) is 0 Å². The van der Waals surface area contributed by atoms with Gasteiger partial charge in [-0.05, 0) is 19.3 Å². The van der Waals surface area contributed by atoms with Crippen molar-refractivity contribution in [2.75, 3.05) is 0 Å². The topological polar surface area (TPSA) is 46.3 Å². The second-order valence-corrected chi connectivity index (χ2v) is 4.60. The summed E-state index contributed by atoms with van der Waals surface area (Å²) in [6.07, 6.45) is 3.30. The molecule has 13 heavy (non-hydrogen) atoms. The van der Waals surface area contributed by atoms with Crippen LogP contribution in [0.25, 0.3) is 0 Å². The summed E-state index contributed by atoms with van der Waals surface area (Å²) in [5.74, 6) is 0.411. The second kappa shape index (κ2) is 2.98. The highest BCUT2D eigenvalue weighted by Crippen LogP contribution is 2.37. The van der Waals surface area contributed by atoms with Crippen LogP contribution in [0.1, 0.15) is 33.1 Å². The SMILES string of the molecule is CC(C)C(=O)N1C2CCC1C(N)C2. The predicted molar refractivity (Wildman–Crippen MR) is 51.1 cm³/mol. The zero-order valence-corrected chi connectivity index (χ0v) is 8.36. The molecular formula is C10H18N2O. The molecule has 3 unspecified atom stereocenters. The highest BCUT2D eigenvalue weighted by Gasteiger charge is 2.47. The first kappa shape index (κ1) is 9.00. The van der Waals surface area contributed by atoms with Crippen molar-refractivity contribution in [2.24, 2.45) is 11.7 Å². The van der Waals surface area contributed by atoms with Crippen LogP contribution < -0.4 is 5.73 Å². The van der Waals surface area contributed by atoms with E-state index in [1.165, 1.54) is 0 Å². The minimum Gasteiger partial charge on any atom is -0.335 e. The molecular weight excluding hydrogens is 164 g/mol. The van der Waals surface area contributed by atoms with Gasteiger partial charge < -0.3 is 10.6 Å². The fraction of sp³-hybridized carbons (Fsp3) is 0.900. The molecule has 0 saturated carbocycles. The first-order valence-electron chi connectivity index (χ1n) is 5.19. The first-order valence-corrected chi connectivity index (χ1v) is 5.19. The zero-order valence-electron chi connectivity index (χ0n) is 8.36. The minimum absolute atomic E-state index is 0.119. The first-order chi connectivity index (χ1) is 6.11. The molecule has 3 atom stereocenters. The Morgan fingerprint density at radius 1 is 1.46 bits per heavy atom. The Morgan fingerprint density at radius 2 is 2.15 bits per heavy atom. The highest BCUT2D eigenvalue weighted by molar-refractivity contribution is 5.79. The summed E-state index contributed by atoms with van der Waals surface area (Å²) in [7, 11) is 0. The van der Waals surface area contributed by atoms with Crippen LogP contribution in [0.3, 0.4) is 0 Å². The number of rotatable bonds is 1. The maximum Gasteiger partial charge on any atom is 0.225 e. The van der Waals surface area contributed by atoms with Gasteiger partial charge in [0, 0.05) is 24.0 Å². The molecule has 3 heteroatoms. The van der Waals surface area contributed by atoms with Gasteiger partial charge in [0.1, 0.15) is 0 Å². The van der Waals surface area contributed by atoms with Crippen LogP contribution in [-0.2, 0) is 4.79 Å². The van der Waals surface area contributed by atoms with Crippen LogP contribution in [0.2, 0.25) is 0 Å². The molecule has 0 aromatic carbocycles. The van der Waals surface area contributed by atoms with Crippen LogP contribution in [0.15, 0.2) is 0 Å². The van der Waals surface area contributed by atoms with Crippen molar-refractivity contribution in [1.29, 1.82) is 0 Å². The van der Waals surface area contributed by atoms with Crippen molar-refractivity contribution >= 4 is 5.91 Å². The number of nitrogens with zero attached hydrogens (tertiary/aromatic N) is 1. The van der Waals surface area contributed by atoms with Crippen molar-refractivity contribution in [1.82, 2.24) is 4.90 Å². The van der Waals surface area contributed by atoms with E-state index in [-0.39, 0.29) is 12.0 Å². The van der Waals surface area contributed by atoms with Crippen LogP contribution in [0.5, 0.6) is 0 Å². The highest BCUT2D eigenvalue weighted by atomic mass is 16.2. The van der Waals surface area contributed by atoms with Crippen molar-refractivity contribution in [3.8, 4) is 0 Å². The predicted octanol–water partition coefficient (Wildman–Crippen LogP) is 0.733. The fourth-order valence-corrected chi connectivity index (χ4v) is 2.68. The van der Waals surface area contributed by atoms with Gasteiger partial charge >= 0.3 is 0 Å². The molecule has 3 nitrogen and oxygen atoms in total. The van der Waals surface area contributed by atoms with Crippen molar-refractivity contribution in [2.45, 2.75) is 51.2 Å². The number of hydrogen-bond acceptors (Lipinski definition) is 2. The van der Waals surface area contributed by atoms with E-state index in [9.17, 15) is 4.79 Å². The van der Waals surface area contributed by atoms with E-state index in [1.807, 2.05) is 13.8 Å². The van der Waals surface area contributed by atoms with Crippen LogP contribution in [0.4, 0.5) is 0 Å². The van der Waals surface area contributed by atoms with Crippen LogP contribution in [-0.4, -0.2) is 28.9 Å². The van der Waals surface area contributed by atoms with Crippen molar-refractivity contribution in [3.05, 3.63) is 0 Å². The van der Waals surface area contributed by atoms with Gasteiger partial charge in [-0.15, -0.1) is 0 Å². The van der Waals surface area contributed by atoms with E-state index < -0.39 is 0 Å². The molecule has 2 aliphatic rings. The summed E-state index contributed by atoms with van der Waals surface area (Å²) in [5, 5.41) is 0. The normalized spacial score (nSPS) is 37.5. The summed E-state index contributed by atoms with van der Waals surface area (Å²) in [6.45, 7) is 3.93. The average Bonchev–Trinajstić information content (AvgIpc) is 2.58. The third kappa shape index (κ3) is 1.26. The van der Waals surface area contributed by atoms with Gasteiger partial charge in [0.05, 0.1) is 0 Å². The summed E-state index contributed by atoms with van der Waals surface area (Å²) in [6, 6.07) is 1.04. The molecule has 74 valence electrons. The monoisotopic (exact) mass is 182 g/mol. The minimum atomic E-state index is 0.119. The lowest BCUT2D eigenvalue weighted by Gasteiger charge is -2.24. The Morgan fingerprint density at radius 3 is 2.54 bits per heavy atom. The Balaban J connectivity index is 2.13. The molecule has 0 aliphatic carbocycles. The smallest absolute Gasteiger partial charge is 0.225 e. The number of amides is 1. The Bertz CT molecular complexity index is 227. The fourth-order valence-electron chi connectivity index (χ4n) is 2.68. The van der Waals surface area contributed by atoms with Gasteiger partial charge in [0.15, 0.2) is 0 Å². The average molecular weight is 182 g/mol. The van der Waals surface area contributed by atoms with E-state index in [2.05, 4.69) is 4.90 Å². The number of carbonyl (C=O) groups is 1. The molecule has 0 radical (unpaired) electrons. The lowest BCUT2D eigenvalue weighted by molar-refractivity contribution is -0.135. The van der Waals surface area contributed by atoms with Gasteiger partial charge in [-0.1, -0.05) is 13.8 Å². The largest absolute Gasteiger partial charge is 0.335 e. The van der Waals surface area contributed by atoms with E-state index in [4.69, 9.17) is 5.73 Å². The lowest BCUT2D eigenvalue weighted by atomic mass is 9.97. The number of nitrogens with two attached hydrogens (primary N) is 1. The zero-order chi connectivity index (χ0) is 9.59. The second-order valence-electron chi connectivity index (χ2n) is 4.60. The molecule has 2 saturated heterocycles. The summed E-state index contributed by atoms with van der Waals surface area (Å²) >= 11 is 0. The third-order valence-electron chi connectivity index (χ3n) is 3.33. The van der Waals surface area contributed by atoms with Gasteiger partial charge in [0.25, 0.3) is 0 Å². The maximum absolute atomic E-state index is 11.8. The molecule has 0 aromatic heterocycles. The Labute approximate surface area is 79.3 Å². The molecule has 0 aromatic rings.